The van der Waals surface area contributed by atoms with Gasteiger partial charge in [0, 0.05) is 27.6 Å². The maximum Gasteiger partial charge on any atom is 0.206 e. The highest BCUT2D eigenvalue weighted by atomic mass is 35.5. The van der Waals surface area contributed by atoms with Crippen molar-refractivity contribution >= 4 is 40.8 Å². The van der Waals surface area contributed by atoms with Gasteiger partial charge in [0.2, 0.25) is 4.80 Å². The second kappa shape index (κ2) is 8.65. The summed E-state index contributed by atoms with van der Waals surface area (Å²) in [6, 6.07) is 9.49. The molecule has 0 amide bonds. The van der Waals surface area contributed by atoms with Crippen LogP contribution in [0.4, 0.5) is 0 Å². The highest BCUT2D eigenvalue weighted by molar-refractivity contribution is 7.07. The molecule has 2 aromatic carbocycles. The van der Waals surface area contributed by atoms with Crippen molar-refractivity contribution in [3.05, 3.63) is 74.3 Å². The highest BCUT2D eigenvalue weighted by Crippen LogP contribution is 2.31. The van der Waals surface area contributed by atoms with Gasteiger partial charge in [-0.25, -0.2) is 4.68 Å². The van der Waals surface area contributed by atoms with Gasteiger partial charge in [-0.15, -0.1) is 11.3 Å². The van der Waals surface area contributed by atoms with Gasteiger partial charge in [-0.3, -0.25) is 4.99 Å². The molecule has 144 valence electrons. The van der Waals surface area contributed by atoms with E-state index in [0.29, 0.717) is 38.2 Å². The Kier molecular flexibility index (Phi) is 6.24. The average Bonchev–Trinajstić information content (AvgIpc) is 3.04. The molecule has 0 aliphatic heterocycles. The quantitative estimate of drug-likeness (QED) is 0.423. The molecular formula is C20H17Cl2N3O2S. The smallest absolute Gasteiger partial charge is 0.206 e. The zero-order valence-corrected chi connectivity index (χ0v) is 17.3. The van der Waals surface area contributed by atoms with E-state index in [1.54, 1.807) is 28.9 Å². The Morgan fingerprint density at radius 2 is 2.00 bits per heavy atom. The minimum atomic E-state index is -0.0812. The number of phenols is 2. The highest BCUT2D eigenvalue weighted by Gasteiger charge is 2.12. The molecule has 1 heterocycles. The molecule has 3 aromatic rings. The van der Waals surface area contributed by atoms with Crippen molar-refractivity contribution in [2.24, 2.45) is 10.1 Å². The van der Waals surface area contributed by atoms with Gasteiger partial charge in [0.1, 0.15) is 11.5 Å². The van der Waals surface area contributed by atoms with Crippen molar-refractivity contribution < 1.29 is 10.2 Å². The molecule has 0 radical (unpaired) electrons. The van der Waals surface area contributed by atoms with E-state index in [0.717, 1.165) is 5.57 Å². The summed E-state index contributed by atoms with van der Waals surface area (Å²) in [5, 5.41) is 26.9. The van der Waals surface area contributed by atoms with Crippen molar-refractivity contribution in [2.75, 3.05) is 6.54 Å². The van der Waals surface area contributed by atoms with Crippen LogP contribution in [0.3, 0.4) is 0 Å². The van der Waals surface area contributed by atoms with Crippen LogP contribution in [0.15, 0.2) is 64.0 Å². The van der Waals surface area contributed by atoms with Crippen molar-refractivity contribution in [1.29, 1.82) is 0 Å². The first-order valence-corrected chi connectivity index (χ1v) is 9.86. The van der Waals surface area contributed by atoms with Crippen LogP contribution in [0.2, 0.25) is 10.0 Å². The first-order chi connectivity index (χ1) is 13.3. The lowest BCUT2D eigenvalue weighted by Crippen LogP contribution is -2.13. The van der Waals surface area contributed by atoms with Gasteiger partial charge in [0.25, 0.3) is 0 Å². The minimum absolute atomic E-state index is 0.0265. The monoisotopic (exact) mass is 433 g/mol. The fourth-order valence-electron chi connectivity index (χ4n) is 2.36. The van der Waals surface area contributed by atoms with Crippen LogP contribution in [0.1, 0.15) is 12.5 Å². The van der Waals surface area contributed by atoms with Crippen molar-refractivity contribution in [3.8, 4) is 22.8 Å². The van der Waals surface area contributed by atoms with Crippen molar-refractivity contribution in [1.82, 2.24) is 4.68 Å². The van der Waals surface area contributed by atoms with Gasteiger partial charge in [-0.2, -0.15) is 5.10 Å². The number of thiazole rings is 1. The maximum atomic E-state index is 10.0. The SMILES string of the molecule is C=C(C)CN=c1scc(-c2cc(Cl)ccc2Cl)n1N=Cc1ccc(O)cc1O. The van der Waals surface area contributed by atoms with E-state index in [2.05, 4.69) is 16.7 Å². The molecule has 2 N–H and O–H groups in total. The van der Waals surface area contributed by atoms with Crippen LogP contribution in [0.25, 0.3) is 11.3 Å². The summed E-state index contributed by atoms with van der Waals surface area (Å²) in [4.78, 5) is 5.18. The van der Waals surface area contributed by atoms with Gasteiger partial charge in [0.15, 0.2) is 0 Å². The second-order valence-corrected chi connectivity index (χ2v) is 7.78. The van der Waals surface area contributed by atoms with Crippen LogP contribution in [0.5, 0.6) is 11.5 Å². The number of rotatable bonds is 5. The molecule has 0 atom stereocenters. The molecule has 28 heavy (non-hydrogen) atoms. The largest absolute Gasteiger partial charge is 0.508 e. The summed E-state index contributed by atoms with van der Waals surface area (Å²) < 4.78 is 1.64. The predicted octanol–water partition coefficient (Wildman–Crippen LogP) is 5.29. The third-order valence-corrected chi connectivity index (χ3v) is 5.12. The Morgan fingerprint density at radius 1 is 1.21 bits per heavy atom. The summed E-state index contributed by atoms with van der Waals surface area (Å²) in [7, 11) is 0. The fourth-order valence-corrected chi connectivity index (χ4v) is 3.58. The molecule has 0 saturated carbocycles. The Labute approximate surface area is 176 Å². The summed E-state index contributed by atoms with van der Waals surface area (Å²) in [6.07, 6.45) is 1.49. The molecule has 0 bridgehead atoms. The Morgan fingerprint density at radius 3 is 2.71 bits per heavy atom. The summed E-state index contributed by atoms with van der Waals surface area (Å²) >= 11 is 13.9. The molecule has 1 aromatic heterocycles. The number of hydrogen-bond donors (Lipinski definition) is 2. The number of aromatic hydroxyl groups is 2. The van der Waals surface area contributed by atoms with Crippen LogP contribution < -0.4 is 4.80 Å². The zero-order valence-electron chi connectivity index (χ0n) is 14.9. The van der Waals surface area contributed by atoms with E-state index in [9.17, 15) is 10.2 Å². The first kappa shape index (κ1) is 20.2. The molecule has 0 aliphatic carbocycles. The number of halogens is 2. The van der Waals surface area contributed by atoms with Crippen LogP contribution >= 0.6 is 34.5 Å². The van der Waals surface area contributed by atoms with E-state index in [1.807, 2.05) is 12.3 Å². The second-order valence-electron chi connectivity index (χ2n) is 6.10. The first-order valence-electron chi connectivity index (χ1n) is 8.22. The molecule has 3 rings (SSSR count). The molecule has 0 spiro atoms. The molecule has 8 heteroatoms. The number of aromatic nitrogens is 1. The van der Waals surface area contributed by atoms with Gasteiger partial charge in [-0.05, 0) is 37.3 Å². The fraction of sp³-hybridized carbons (Fsp3) is 0.100. The third-order valence-electron chi connectivity index (χ3n) is 3.70. The number of phenolic OH excluding ortho intramolecular Hbond substituents is 2. The molecule has 0 fully saturated rings. The molecule has 0 aliphatic rings. The lowest BCUT2D eigenvalue weighted by Gasteiger charge is -2.07. The van der Waals surface area contributed by atoms with E-state index < -0.39 is 0 Å². The summed E-state index contributed by atoms with van der Waals surface area (Å²) in [6.45, 7) is 6.23. The summed E-state index contributed by atoms with van der Waals surface area (Å²) in [5.41, 5.74) is 2.80. The standard InChI is InChI=1S/C20H17Cl2N3O2S/c1-12(2)9-23-20-25(24-10-13-3-5-15(26)8-19(13)27)18(11-28-20)16-7-14(21)4-6-17(16)22/h3-8,10-11,26-27H,1,9H2,2H3. The van der Waals surface area contributed by atoms with Crippen LogP contribution in [-0.2, 0) is 0 Å². The Hall–Kier alpha value is -2.54. The zero-order chi connectivity index (χ0) is 20.3. The van der Waals surface area contributed by atoms with Gasteiger partial charge >= 0.3 is 0 Å². The Balaban J connectivity index is 2.14. The number of hydrogen-bond acceptors (Lipinski definition) is 5. The molecule has 5 nitrogen and oxygen atoms in total. The molecule has 0 unspecified atom stereocenters. The molecule has 0 saturated heterocycles. The predicted molar refractivity (Wildman–Crippen MR) is 116 cm³/mol. The Bertz CT molecular complexity index is 1130. The molecular weight excluding hydrogens is 417 g/mol. The van der Waals surface area contributed by atoms with E-state index in [-0.39, 0.29) is 11.5 Å². The van der Waals surface area contributed by atoms with Gasteiger partial charge in [0.05, 0.1) is 23.5 Å². The van der Waals surface area contributed by atoms with Crippen LogP contribution in [0, 0.1) is 0 Å². The van der Waals surface area contributed by atoms with Crippen molar-refractivity contribution in [3.63, 3.8) is 0 Å². The topological polar surface area (TPSA) is 70.1 Å². The van der Waals surface area contributed by atoms with E-state index >= 15 is 0 Å². The van der Waals surface area contributed by atoms with Crippen LogP contribution in [-0.4, -0.2) is 27.6 Å². The average molecular weight is 434 g/mol. The lowest BCUT2D eigenvalue weighted by atomic mass is 10.2. The maximum absolute atomic E-state index is 10.0. The lowest BCUT2D eigenvalue weighted by molar-refractivity contribution is 0.450. The van der Waals surface area contributed by atoms with Gasteiger partial charge in [-0.1, -0.05) is 35.4 Å². The van der Waals surface area contributed by atoms with E-state index in [1.165, 1.54) is 29.7 Å². The number of benzene rings is 2. The summed E-state index contributed by atoms with van der Waals surface area (Å²) in [5.74, 6) is -0.108. The van der Waals surface area contributed by atoms with Gasteiger partial charge < -0.3 is 10.2 Å². The van der Waals surface area contributed by atoms with Crippen molar-refractivity contribution in [2.45, 2.75) is 6.92 Å². The number of nitrogens with zero attached hydrogens (tertiary/aromatic N) is 3. The normalized spacial score (nSPS) is 12.0. The third kappa shape index (κ3) is 4.65. The minimum Gasteiger partial charge on any atom is -0.508 e. The van der Waals surface area contributed by atoms with E-state index in [4.69, 9.17) is 23.2 Å².